The van der Waals surface area contributed by atoms with E-state index in [0.717, 1.165) is 10.2 Å². The number of halogens is 1. The third-order valence-corrected chi connectivity index (χ3v) is 4.98. The van der Waals surface area contributed by atoms with Gasteiger partial charge in [0.05, 0.1) is 20.8 Å². The van der Waals surface area contributed by atoms with E-state index in [1.807, 2.05) is 42.5 Å². The molecule has 0 unspecified atom stereocenters. The lowest BCUT2D eigenvalue weighted by atomic mass is 10.2. The van der Waals surface area contributed by atoms with Gasteiger partial charge in [0.25, 0.3) is 0 Å². The molecule has 2 aromatic heterocycles. The Bertz CT molecular complexity index is 1070. The predicted octanol–water partition coefficient (Wildman–Crippen LogP) is 4.01. The van der Waals surface area contributed by atoms with Crippen LogP contribution in [-0.4, -0.2) is 14.8 Å². The van der Waals surface area contributed by atoms with Crippen LogP contribution in [0.1, 0.15) is 5.89 Å². The number of hydrogen-bond acceptors (Lipinski definition) is 5. The molecular weight excluding hydrogens is 346 g/mol. The second kappa shape index (κ2) is 6.22. The highest BCUT2D eigenvalue weighted by molar-refractivity contribution is 7.16. The molecule has 0 radical (unpaired) electrons. The number of thiazole rings is 1. The normalized spacial score (nSPS) is 11.2. The molecular formula is C17H12ClN3O2S. The van der Waals surface area contributed by atoms with Gasteiger partial charge in [-0.1, -0.05) is 47.2 Å². The van der Waals surface area contributed by atoms with E-state index >= 15 is 0 Å². The van der Waals surface area contributed by atoms with Crippen molar-refractivity contribution in [2.45, 2.75) is 13.0 Å². The van der Waals surface area contributed by atoms with Gasteiger partial charge in [-0.05, 0) is 24.3 Å². The maximum absolute atomic E-state index is 12.1. The Hall–Kier alpha value is -2.44. The Morgan fingerprint density at radius 2 is 1.88 bits per heavy atom. The van der Waals surface area contributed by atoms with E-state index in [1.165, 1.54) is 11.3 Å². The van der Waals surface area contributed by atoms with Gasteiger partial charge in [-0.3, -0.25) is 9.36 Å². The number of fused-ring (bicyclic) bond motifs is 1. The van der Waals surface area contributed by atoms with E-state index in [4.69, 9.17) is 16.0 Å². The van der Waals surface area contributed by atoms with Gasteiger partial charge in [0.15, 0.2) is 0 Å². The van der Waals surface area contributed by atoms with Gasteiger partial charge in [-0.2, -0.15) is 0 Å². The number of hydrogen-bond donors (Lipinski definition) is 0. The van der Waals surface area contributed by atoms with Crippen molar-refractivity contribution in [3.63, 3.8) is 0 Å². The molecule has 7 heteroatoms. The number of rotatable bonds is 4. The highest BCUT2D eigenvalue weighted by Crippen LogP contribution is 2.26. The van der Waals surface area contributed by atoms with Gasteiger partial charge in [-0.25, -0.2) is 0 Å². The van der Waals surface area contributed by atoms with Crippen LogP contribution < -0.4 is 4.87 Å². The van der Waals surface area contributed by atoms with Crippen LogP contribution >= 0.6 is 22.9 Å². The van der Waals surface area contributed by atoms with Gasteiger partial charge in [0, 0.05) is 13.0 Å². The van der Waals surface area contributed by atoms with E-state index in [1.54, 1.807) is 10.6 Å². The monoisotopic (exact) mass is 357 g/mol. The van der Waals surface area contributed by atoms with E-state index in [2.05, 4.69) is 10.2 Å². The fourth-order valence-corrected chi connectivity index (χ4v) is 3.67. The summed E-state index contributed by atoms with van der Waals surface area (Å²) in [6.45, 7) is 0.493. The van der Waals surface area contributed by atoms with Crippen LogP contribution in [0.5, 0.6) is 0 Å². The molecule has 0 N–H and O–H groups in total. The maximum atomic E-state index is 12.1. The Balaban J connectivity index is 1.58. The number of para-hydroxylation sites is 1. The zero-order chi connectivity index (χ0) is 16.5. The highest BCUT2D eigenvalue weighted by Gasteiger charge is 2.13. The molecule has 0 spiro atoms. The lowest BCUT2D eigenvalue weighted by Crippen LogP contribution is -2.14. The van der Waals surface area contributed by atoms with Crippen LogP contribution in [0.4, 0.5) is 0 Å². The molecule has 0 fully saturated rings. The van der Waals surface area contributed by atoms with E-state index in [-0.39, 0.29) is 4.87 Å². The van der Waals surface area contributed by atoms with Gasteiger partial charge in [0.2, 0.25) is 11.8 Å². The van der Waals surface area contributed by atoms with E-state index in [9.17, 15) is 4.79 Å². The Morgan fingerprint density at radius 1 is 1.08 bits per heavy atom. The van der Waals surface area contributed by atoms with Crippen LogP contribution in [0.25, 0.3) is 21.7 Å². The molecule has 0 bridgehead atoms. The fourth-order valence-electron chi connectivity index (χ4n) is 2.53. The minimum atomic E-state index is 0.0158. The van der Waals surface area contributed by atoms with Gasteiger partial charge in [-0.15, -0.1) is 10.2 Å². The van der Waals surface area contributed by atoms with Gasteiger partial charge >= 0.3 is 4.87 Å². The summed E-state index contributed by atoms with van der Waals surface area (Å²) in [5.41, 5.74) is 1.63. The quantitative estimate of drug-likeness (QED) is 0.553. The molecule has 0 saturated carbocycles. The Morgan fingerprint density at radius 3 is 2.75 bits per heavy atom. The molecule has 0 aliphatic carbocycles. The van der Waals surface area contributed by atoms with E-state index in [0.29, 0.717) is 35.3 Å². The maximum Gasteiger partial charge on any atom is 0.308 e. The van der Waals surface area contributed by atoms with Crippen molar-refractivity contribution >= 4 is 33.2 Å². The number of nitrogens with zero attached hydrogens (tertiary/aromatic N) is 3. The molecule has 0 aliphatic heterocycles. The first kappa shape index (κ1) is 15.1. The summed E-state index contributed by atoms with van der Waals surface area (Å²) in [4.78, 5) is 12.1. The Labute approximate surface area is 146 Å². The molecule has 24 heavy (non-hydrogen) atoms. The van der Waals surface area contributed by atoms with E-state index < -0.39 is 0 Å². The summed E-state index contributed by atoms with van der Waals surface area (Å²) in [6, 6.07) is 15.0. The van der Waals surface area contributed by atoms with Crippen molar-refractivity contribution in [2.75, 3.05) is 0 Å². The summed E-state index contributed by atoms with van der Waals surface area (Å²) in [6.07, 6.45) is 0.484. The molecule has 5 nitrogen and oxygen atoms in total. The van der Waals surface area contributed by atoms with Crippen LogP contribution in [0.3, 0.4) is 0 Å². The van der Waals surface area contributed by atoms with Crippen molar-refractivity contribution in [1.29, 1.82) is 0 Å². The average molecular weight is 358 g/mol. The zero-order valence-electron chi connectivity index (χ0n) is 12.5. The fraction of sp³-hybridized carbons (Fsp3) is 0.118. The summed E-state index contributed by atoms with van der Waals surface area (Å²) in [5, 5.41) is 8.66. The molecule has 0 saturated heterocycles. The summed E-state index contributed by atoms with van der Waals surface area (Å²) >= 11 is 7.38. The largest absolute Gasteiger partial charge is 0.421 e. The molecule has 0 atom stereocenters. The third-order valence-electron chi connectivity index (χ3n) is 3.69. The first-order valence-electron chi connectivity index (χ1n) is 7.38. The molecule has 2 aromatic carbocycles. The SMILES string of the molecule is O=c1sc2ccccc2n1CCc1nnc(-c2ccccc2Cl)o1. The first-order chi connectivity index (χ1) is 11.7. The minimum Gasteiger partial charge on any atom is -0.421 e. The van der Waals surface area contributed by atoms with Crippen molar-refractivity contribution in [3.05, 3.63) is 69.1 Å². The van der Waals surface area contributed by atoms with Crippen LogP contribution in [-0.2, 0) is 13.0 Å². The third kappa shape index (κ3) is 2.74. The molecule has 0 amide bonds. The number of benzene rings is 2. The lowest BCUT2D eigenvalue weighted by molar-refractivity contribution is 0.487. The number of aryl methyl sites for hydroxylation is 2. The van der Waals surface area contributed by atoms with Gasteiger partial charge in [0.1, 0.15) is 0 Å². The number of aromatic nitrogens is 3. The van der Waals surface area contributed by atoms with Crippen LogP contribution in [0, 0.1) is 0 Å². The first-order valence-corrected chi connectivity index (χ1v) is 8.57. The molecule has 4 aromatic rings. The predicted molar refractivity (Wildman–Crippen MR) is 94.5 cm³/mol. The second-order valence-corrected chi connectivity index (χ2v) is 6.62. The lowest BCUT2D eigenvalue weighted by Gasteiger charge is -2.01. The second-order valence-electron chi connectivity index (χ2n) is 5.22. The topological polar surface area (TPSA) is 60.9 Å². The smallest absolute Gasteiger partial charge is 0.308 e. The molecule has 4 rings (SSSR count). The summed E-state index contributed by atoms with van der Waals surface area (Å²) < 4.78 is 8.39. The standard InChI is InChI=1S/C17H12ClN3O2S/c18-12-6-2-1-5-11(12)16-20-19-15(23-16)9-10-21-13-7-3-4-8-14(13)24-17(21)22/h1-8H,9-10H2. The Kier molecular flexibility index (Phi) is 3.92. The van der Waals surface area contributed by atoms with Crippen LogP contribution in [0.2, 0.25) is 5.02 Å². The minimum absolute atomic E-state index is 0.0158. The molecule has 2 heterocycles. The van der Waals surface area contributed by atoms with Crippen LogP contribution in [0.15, 0.2) is 57.7 Å². The van der Waals surface area contributed by atoms with Crippen molar-refractivity contribution in [1.82, 2.24) is 14.8 Å². The van der Waals surface area contributed by atoms with Crippen molar-refractivity contribution in [2.24, 2.45) is 0 Å². The van der Waals surface area contributed by atoms with Crippen molar-refractivity contribution < 1.29 is 4.42 Å². The summed E-state index contributed by atoms with van der Waals surface area (Å²) in [7, 11) is 0. The highest BCUT2D eigenvalue weighted by atomic mass is 35.5. The molecule has 120 valence electrons. The average Bonchev–Trinajstić information content (AvgIpc) is 3.17. The molecule has 0 aliphatic rings. The zero-order valence-corrected chi connectivity index (χ0v) is 14.0. The van der Waals surface area contributed by atoms with Crippen molar-refractivity contribution in [3.8, 4) is 11.5 Å². The summed E-state index contributed by atoms with van der Waals surface area (Å²) in [5.74, 6) is 0.866. The van der Waals surface area contributed by atoms with Gasteiger partial charge < -0.3 is 4.42 Å².